The Hall–Kier alpha value is -1.19. The summed E-state index contributed by atoms with van der Waals surface area (Å²) in [6.07, 6.45) is 5.46. The molecule has 0 aromatic carbocycles. The molecule has 4 nitrogen and oxygen atoms in total. The number of rotatable bonds is 5. The highest BCUT2D eigenvalue weighted by atomic mass is 16.2. The number of amides is 1. The van der Waals surface area contributed by atoms with Crippen LogP contribution in [-0.2, 0) is 14.4 Å². The summed E-state index contributed by atoms with van der Waals surface area (Å²) >= 11 is 0. The first kappa shape index (κ1) is 13.9. The summed E-state index contributed by atoms with van der Waals surface area (Å²) in [6, 6.07) is 0.185. The van der Waals surface area contributed by atoms with Crippen molar-refractivity contribution in [3.05, 3.63) is 0 Å². The van der Waals surface area contributed by atoms with Crippen molar-refractivity contribution in [2.75, 3.05) is 0 Å². The molecule has 0 heterocycles. The number of carbonyl (C=O) groups is 3. The summed E-state index contributed by atoms with van der Waals surface area (Å²) < 4.78 is 0. The van der Waals surface area contributed by atoms with Crippen LogP contribution in [0.5, 0.6) is 0 Å². The molecule has 1 rings (SSSR count). The minimum Gasteiger partial charge on any atom is -0.353 e. The molecule has 0 aromatic rings. The molecule has 1 aliphatic rings. The molecule has 1 unspecified atom stereocenters. The normalized spacial score (nSPS) is 18.5. The van der Waals surface area contributed by atoms with E-state index in [1.54, 1.807) is 0 Å². The smallest absolute Gasteiger partial charge is 0.231 e. The Bertz CT molecular complexity index is 306. The zero-order valence-corrected chi connectivity index (χ0v) is 10.6. The van der Waals surface area contributed by atoms with Crippen molar-refractivity contribution in [1.82, 2.24) is 5.32 Å². The number of carbonyl (C=O) groups excluding carboxylic acids is 3. The average molecular weight is 239 g/mol. The fourth-order valence-corrected chi connectivity index (χ4v) is 2.26. The van der Waals surface area contributed by atoms with Crippen LogP contribution in [-0.4, -0.2) is 23.5 Å². The zero-order chi connectivity index (χ0) is 12.8. The second-order valence-corrected chi connectivity index (χ2v) is 4.91. The van der Waals surface area contributed by atoms with Crippen molar-refractivity contribution in [2.45, 2.75) is 58.4 Å². The van der Waals surface area contributed by atoms with Crippen molar-refractivity contribution in [3.63, 3.8) is 0 Å². The number of hydrogen-bond acceptors (Lipinski definition) is 3. The lowest BCUT2D eigenvalue weighted by Gasteiger charge is -2.24. The van der Waals surface area contributed by atoms with Gasteiger partial charge in [0.2, 0.25) is 5.91 Å². The number of nitrogens with one attached hydrogen (secondary N) is 1. The fraction of sp³-hybridized carbons (Fsp3) is 0.769. The highest BCUT2D eigenvalue weighted by Gasteiger charge is 2.27. The van der Waals surface area contributed by atoms with E-state index in [9.17, 15) is 14.4 Å². The molecule has 4 heteroatoms. The first-order valence-electron chi connectivity index (χ1n) is 6.31. The summed E-state index contributed by atoms with van der Waals surface area (Å²) in [5.41, 5.74) is 0. The van der Waals surface area contributed by atoms with Crippen molar-refractivity contribution in [3.8, 4) is 0 Å². The molecule has 1 aliphatic carbocycles. The summed E-state index contributed by atoms with van der Waals surface area (Å²) in [5, 5.41) is 2.89. The Morgan fingerprint density at radius 3 is 2.18 bits per heavy atom. The maximum atomic E-state index is 11.9. The van der Waals surface area contributed by atoms with Gasteiger partial charge in [-0.2, -0.15) is 0 Å². The summed E-state index contributed by atoms with van der Waals surface area (Å²) in [4.78, 5) is 34.3. The van der Waals surface area contributed by atoms with Gasteiger partial charge in [0, 0.05) is 12.5 Å². The number of Topliss-reactive ketones (excluding diaryl/α,β-unsaturated/α-hetero) is 2. The molecule has 1 atom stereocenters. The van der Waals surface area contributed by atoms with Crippen LogP contribution in [0.2, 0.25) is 0 Å². The third-order valence-electron chi connectivity index (χ3n) is 3.25. The Morgan fingerprint density at radius 2 is 1.71 bits per heavy atom. The largest absolute Gasteiger partial charge is 0.353 e. The fourth-order valence-electron chi connectivity index (χ4n) is 2.26. The molecule has 0 bridgehead atoms. The molecular formula is C13H21NO3. The van der Waals surface area contributed by atoms with E-state index in [1.807, 2.05) is 0 Å². The van der Waals surface area contributed by atoms with Gasteiger partial charge < -0.3 is 5.32 Å². The highest BCUT2D eigenvalue weighted by molar-refractivity contribution is 6.03. The monoisotopic (exact) mass is 239 g/mol. The summed E-state index contributed by atoms with van der Waals surface area (Å²) in [5.74, 6) is -1.42. The SMILES string of the molecule is CC(=O)CC(C(C)=O)C(=O)NC1CCCCC1. The molecule has 1 fully saturated rings. The van der Waals surface area contributed by atoms with Crippen molar-refractivity contribution in [2.24, 2.45) is 5.92 Å². The lowest BCUT2D eigenvalue weighted by atomic mass is 9.93. The summed E-state index contributed by atoms with van der Waals surface area (Å²) in [6.45, 7) is 2.78. The van der Waals surface area contributed by atoms with Gasteiger partial charge in [-0.25, -0.2) is 0 Å². The van der Waals surface area contributed by atoms with Crippen LogP contribution in [0.25, 0.3) is 0 Å². The van der Waals surface area contributed by atoms with Crippen LogP contribution in [0, 0.1) is 5.92 Å². The van der Waals surface area contributed by atoms with Crippen molar-refractivity contribution in [1.29, 1.82) is 0 Å². The van der Waals surface area contributed by atoms with Gasteiger partial charge in [0.1, 0.15) is 17.5 Å². The van der Waals surface area contributed by atoms with Gasteiger partial charge in [0.25, 0.3) is 0 Å². The van der Waals surface area contributed by atoms with E-state index in [0.717, 1.165) is 25.7 Å². The van der Waals surface area contributed by atoms with Crippen molar-refractivity contribution >= 4 is 17.5 Å². The third kappa shape index (κ3) is 4.67. The van der Waals surface area contributed by atoms with Crippen LogP contribution in [0.15, 0.2) is 0 Å². The molecule has 1 saturated carbocycles. The van der Waals surface area contributed by atoms with E-state index >= 15 is 0 Å². The minimum atomic E-state index is -0.797. The maximum Gasteiger partial charge on any atom is 0.231 e. The van der Waals surface area contributed by atoms with E-state index in [4.69, 9.17) is 0 Å². The topological polar surface area (TPSA) is 63.2 Å². The predicted molar refractivity (Wildman–Crippen MR) is 64.5 cm³/mol. The Balaban J connectivity index is 2.52. The van der Waals surface area contributed by atoms with Gasteiger partial charge in [0.15, 0.2) is 0 Å². The molecule has 1 N–H and O–H groups in total. The van der Waals surface area contributed by atoms with E-state index in [2.05, 4.69) is 5.32 Å². The summed E-state index contributed by atoms with van der Waals surface area (Å²) in [7, 11) is 0. The first-order valence-corrected chi connectivity index (χ1v) is 6.31. The molecule has 0 aliphatic heterocycles. The second kappa shape index (κ2) is 6.52. The number of hydrogen-bond donors (Lipinski definition) is 1. The van der Waals surface area contributed by atoms with Crippen molar-refractivity contribution < 1.29 is 14.4 Å². The van der Waals surface area contributed by atoms with Gasteiger partial charge in [-0.3, -0.25) is 14.4 Å². The van der Waals surface area contributed by atoms with E-state index in [0.29, 0.717) is 0 Å². The predicted octanol–water partition coefficient (Wildman–Crippen LogP) is 1.62. The van der Waals surface area contributed by atoms with Gasteiger partial charge in [0.05, 0.1) is 0 Å². The second-order valence-electron chi connectivity index (χ2n) is 4.91. The Kier molecular flexibility index (Phi) is 5.32. The lowest BCUT2D eigenvalue weighted by molar-refractivity contribution is -0.136. The van der Waals surface area contributed by atoms with E-state index in [1.165, 1.54) is 20.3 Å². The van der Waals surface area contributed by atoms with Gasteiger partial charge >= 0.3 is 0 Å². The quantitative estimate of drug-likeness (QED) is 0.741. The lowest BCUT2D eigenvalue weighted by Crippen LogP contribution is -2.42. The average Bonchev–Trinajstić information content (AvgIpc) is 2.26. The van der Waals surface area contributed by atoms with E-state index < -0.39 is 5.92 Å². The molecular weight excluding hydrogens is 218 g/mol. The Morgan fingerprint density at radius 1 is 1.12 bits per heavy atom. The standard InChI is InChI=1S/C13H21NO3/c1-9(15)8-12(10(2)16)13(17)14-11-6-4-3-5-7-11/h11-12H,3-8H2,1-2H3,(H,14,17). The van der Waals surface area contributed by atoms with Crippen LogP contribution in [0.1, 0.15) is 52.4 Å². The third-order valence-corrected chi connectivity index (χ3v) is 3.25. The van der Waals surface area contributed by atoms with Crippen LogP contribution in [0.3, 0.4) is 0 Å². The van der Waals surface area contributed by atoms with Gasteiger partial charge in [-0.1, -0.05) is 19.3 Å². The Labute approximate surface area is 102 Å². The molecule has 0 saturated heterocycles. The highest BCUT2D eigenvalue weighted by Crippen LogP contribution is 2.18. The van der Waals surface area contributed by atoms with Gasteiger partial charge in [-0.15, -0.1) is 0 Å². The molecule has 1 amide bonds. The first-order chi connectivity index (χ1) is 8.00. The van der Waals surface area contributed by atoms with Crippen LogP contribution >= 0.6 is 0 Å². The molecule has 17 heavy (non-hydrogen) atoms. The molecule has 0 radical (unpaired) electrons. The number of ketones is 2. The van der Waals surface area contributed by atoms with Gasteiger partial charge in [-0.05, 0) is 26.7 Å². The molecule has 96 valence electrons. The zero-order valence-electron chi connectivity index (χ0n) is 10.6. The molecule has 0 aromatic heterocycles. The molecule has 0 spiro atoms. The maximum absolute atomic E-state index is 11.9. The van der Waals surface area contributed by atoms with Crippen LogP contribution in [0.4, 0.5) is 0 Å². The minimum absolute atomic E-state index is 0.0217. The van der Waals surface area contributed by atoms with E-state index in [-0.39, 0.29) is 29.9 Å². The van der Waals surface area contributed by atoms with Crippen LogP contribution < -0.4 is 5.32 Å².